The van der Waals surface area contributed by atoms with Gasteiger partial charge in [0.1, 0.15) is 0 Å². The van der Waals surface area contributed by atoms with E-state index in [-0.39, 0.29) is 29.6 Å². The van der Waals surface area contributed by atoms with Crippen molar-refractivity contribution in [3.05, 3.63) is 60.2 Å². The van der Waals surface area contributed by atoms with Crippen LogP contribution in [0.25, 0.3) is 0 Å². The number of amides is 1. The van der Waals surface area contributed by atoms with Gasteiger partial charge in [-0.05, 0) is 61.9 Å². The van der Waals surface area contributed by atoms with Crippen LogP contribution in [-0.2, 0) is 30.8 Å². The second kappa shape index (κ2) is 13.2. The molecule has 1 fully saturated rings. The van der Waals surface area contributed by atoms with E-state index < -0.39 is 10.0 Å². The van der Waals surface area contributed by atoms with Crippen molar-refractivity contribution in [1.29, 1.82) is 0 Å². The van der Waals surface area contributed by atoms with E-state index in [2.05, 4.69) is 5.32 Å². The average molecular weight is 487 g/mol. The van der Waals surface area contributed by atoms with E-state index in [0.717, 1.165) is 38.5 Å². The number of aryl methyl sites for hydroxylation is 1. The maximum atomic E-state index is 12.8. The molecule has 1 heterocycles. The van der Waals surface area contributed by atoms with Gasteiger partial charge in [0.2, 0.25) is 15.9 Å². The number of hydrogen-bond donors (Lipinski definition) is 1. The van der Waals surface area contributed by atoms with E-state index in [1.807, 2.05) is 30.3 Å². The first kappa shape index (κ1) is 25.9. The molecule has 0 spiro atoms. The highest BCUT2D eigenvalue weighted by atomic mass is 32.2. The smallest absolute Gasteiger partial charge is 0.305 e. The minimum atomic E-state index is -3.51. The van der Waals surface area contributed by atoms with Crippen molar-refractivity contribution in [3.8, 4) is 0 Å². The second-order valence-electron chi connectivity index (χ2n) is 8.55. The van der Waals surface area contributed by atoms with Gasteiger partial charge in [-0.1, -0.05) is 43.2 Å². The zero-order chi connectivity index (χ0) is 24.2. The quantitative estimate of drug-likeness (QED) is 0.372. The lowest BCUT2D eigenvalue weighted by molar-refractivity contribution is -0.143. The summed E-state index contributed by atoms with van der Waals surface area (Å²) in [7, 11) is -3.51. The van der Waals surface area contributed by atoms with Crippen LogP contribution in [0.5, 0.6) is 0 Å². The van der Waals surface area contributed by atoms with Crippen LogP contribution >= 0.6 is 0 Å². The number of carbonyl (C=O) groups excluding carboxylic acids is 2. The minimum absolute atomic E-state index is 0.186. The third-order valence-corrected chi connectivity index (χ3v) is 7.75. The zero-order valence-corrected chi connectivity index (χ0v) is 20.4. The van der Waals surface area contributed by atoms with E-state index in [0.29, 0.717) is 31.8 Å². The Morgan fingerprint density at radius 2 is 1.53 bits per heavy atom. The molecular formula is C26H34N2O5S. The lowest BCUT2D eigenvalue weighted by Crippen LogP contribution is -2.31. The van der Waals surface area contributed by atoms with E-state index >= 15 is 0 Å². The van der Waals surface area contributed by atoms with Gasteiger partial charge in [0.25, 0.3) is 0 Å². The molecule has 1 aliphatic rings. The molecule has 2 aromatic rings. The van der Waals surface area contributed by atoms with Crippen molar-refractivity contribution < 1.29 is 22.7 Å². The number of esters is 1. The molecule has 0 aliphatic carbocycles. The Morgan fingerprint density at radius 1 is 0.853 bits per heavy atom. The summed E-state index contributed by atoms with van der Waals surface area (Å²) in [5.41, 5.74) is 1.74. The summed E-state index contributed by atoms with van der Waals surface area (Å²) < 4.78 is 32.5. The fraction of sp³-hybridized carbons (Fsp3) is 0.462. The van der Waals surface area contributed by atoms with Gasteiger partial charge < -0.3 is 10.1 Å². The van der Waals surface area contributed by atoms with Crippen LogP contribution in [0.15, 0.2) is 59.5 Å². The van der Waals surface area contributed by atoms with Gasteiger partial charge in [0, 0.05) is 31.6 Å². The number of nitrogens with zero attached hydrogens (tertiary/aromatic N) is 1. The van der Waals surface area contributed by atoms with Crippen LogP contribution in [0.1, 0.15) is 56.9 Å². The van der Waals surface area contributed by atoms with Crippen molar-refractivity contribution in [2.75, 3.05) is 25.0 Å². The van der Waals surface area contributed by atoms with E-state index in [1.165, 1.54) is 17.7 Å². The Labute approximate surface area is 202 Å². The van der Waals surface area contributed by atoms with Gasteiger partial charge in [0.05, 0.1) is 11.5 Å². The summed E-state index contributed by atoms with van der Waals surface area (Å²) in [6.45, 7) is 1.47. The number of anilines is 1. The molecule has 0 bridgehead atoms. The number of hydrogen-bond acceptors (Lipinski definition) is 5. The molecule has 34 heavy (non-hydrogen) atoms. The number of ether oxygens (including phenoxy) is 1. The second-order valence-corrected chi connectivity index (χ2v) is 10.5. The summed E-state index contributed by atoms with van der Waals surface area (Å²) in [6.07, 6.45) is 6.27. The van der Waals surface area contributed by atoms with Gasteiger partial charge in [-0.25, -0.2) is 8.42 Å². The van der Waals surface area contributed by atoms with E-state index in [1.54, 1.807) is 16.4 Å². The Balaban J connectivity index is 1.35. The Bertz CT molecular complexity index is 1010. The maximum Gasteiger partial charge on any atom is 0.305 e. The van der Waals surface area contributed by atoms with Crippen LogP contribution in [0, 0.1) is 0 Å². The SMILES string of the molecule is O=C(CCCC(=O)OCCCc1ccccc1)Nc1ccc(S(=O)(=O)N2CCCCCC2)cc1. The maximum absolute atomic E-state index is 12.8. The minimum Gasteiger partial charge on any atom is -0.466 e. The molecule has 1 saturated heterocycles. The molecule has 0 radical (unpaired) electrons. The largest absolute Gasteiger partial charge is 0.466 e. The molecule has 1 aliphatic heterocycles. The molecule has 0 unspecified atom stereocenters. The number of rotatable bonds is 11. The average Bonchev–Trinajstić information content (AvgIpc) is 3.13. The van der Waals surface area contributed by atoms with Crippen LogP contribution in [0.2, 0.25) is 0 Å². The first-order chi connectivity index (χ1) is 16.4. The summed E-state index contributed by atoms with van der Waals surface area (Å²) in [5.74, 6) is -0.524. The standard InChI is InChI=1S/C26H34N2O5S/c29-25(13-8-14-26(30)33-21-9-12-22-10-4-3-5-11-22)27-23-15-17-24(18-16-23)34(31,32)28-19-6-1-2-7-20-28/h3-5,10-11,15-18H,1-2,6-9,12-14,19-21H2,(H,27,29). The van der Waals surface area contributed by atoms with Gasteiger partial charge in [0.15, 0.2) is 0 Å². The number of carbonyl (C=O) groups is 2. The third-order valence-electron chi connectivity index (χ3n) is 5.84. The summed E-state index contributed by atoms with van der Waals surface area (Å²) >= 11 is 0. The Kier molecular flexibility index (Phi) is 10.1. The van der Waals surface area contributed by atoms with Crippen molar-refractivity contribution >= 4 is 27.6 Å². The predicted molar refractivity (Wildman–Crippen MR) is 132 cm³/mol. The van der Waals surface area contributed by atoms with Gasteiger partial charge in [-0.2, -0.15) is 4.31 Å². The predicted octanol–water partition coefficient (Wildman–Crippen LogP) is 4.54. The highest BCUT2D eigenvalue weighted by molar-refractivity contribution is 7.89. The fourth-order valence-corrected chi connectivity index (χ4v) is 5.45. The molecule has 8 heteroatoms. The Hall–Kier alpha value is -2.71. The lowest BCUT2D eigenvalue weighted by Gasteiger charge is -2.20. The van der Waals surface area contributed by atoms with E-state index in [9.17, 15) is 18.0 Å². The molecule has 2 aromatic carbocycles. The molecule has 0 aromatic heterocycles. The summed E-state index contributed by atoms with van der Waals surface area (Å²) in [6, 6.07) is 16.3. The topological polar surface area (TPSA) is 92.8 Å². The van der Waals surface area contributed by atoms with Crippen LogP contribution in [-0.4, -0.2) is 44.3 Å². The molecule has 0 saturated carbocycles. The van der Waals surface area contributed by atoms with Crippen molar-refractivity contribution in [2.24, 2.45) is 0 Å². The number of benzene rings is 2. The first-order valence-corrected chi connectivity index (χ1v) is 13.5. The normalized spacial score (nSPS) is 14.8. The number of sulfonamides is 1. The third kappa shape index (κ3) is 8.25. The van der Waals surface area contributed by atoms with Crippen molar-refractivity contribution in [1.82, 2.24) is 4.31 Å². The number of nitrogens with one attached hydrogen (secondary N) is 1. The molecule has 184 valence electrons. The van der Waals surface area contributed by atoms with Crippen LogP contribution in [0.4, 0.5) is 5.69 Å². The van der Waals surface area contributed by atoms with Crippen molar-refractivity contribution in [2.45, 2.75) is 62.7 Å². The van der Waals surface area contributed by atoms with Crippen molar-refractivity contribution in [3.63, 3.8) is 0 Å². The van der Waals surface area contributed by atoms with E-state index in [4.69, 9.17) is 4.74 Å². The highest BCUT2D eigenvalue weighted by Gasteiger charge is 2.25. The molecule has 0 atom stereocenters. The van der Waals surface area contributed by atoms with Crippen LogP contribution < -0.4 is 5.32 Å². The first-order valence-electron chi connectivity index (χ1n) is 12.0. The molecule has 1 amide bonds. The fourth-order valence-electron chi connectivity index (χ4n) is 3.94. The highest BCUT2D eigenvalue weighted by Crippen LogP contribution is 2.22. The van der Waals surface area contributed by atoms with Gasteiger partial charge in [-0.3, -0.25) is 9.59 Å². The zero-order valence-electron chi connectivity index (χ0n) is 19.6. The monoisotopic (exact) mass is 486 g/mol. The van der Waals surface area contributed by atoms with Crippen LogP contribution in [0.3, 0.4) is 0 Å². The molecule has 7 nitrogen and oxygen atoms in total. The molecule has 3 rings (SSSR count). The molecule has 1 N–H and O–H groups in total. The van der Waals surface area contributed by atoms with Gasteiger partial charge >= 0.3 is 5.97 Å². The molecular weight excluding hydrogens is 452 g/mol. The summed E-state index contributed by atoms with van der Waals surface area (Å²) in [4.78, 5) is 24.3. The lowest BCUT2D eigenvalue weighted by atomic mass is 10.1. The summed E-state index contributed by atoms with van der Waals surface area (Å²) in [5, 5.41) is 2.75. The Morgan fingerprint density at radius 3 is 2.21 bits per heavy atom. The van der Waals surface area contributed by atoms with Gasteiger partial charge in [-0.15, -0.1) is 0 Å².